The summed E-state index contributed by atoms with van der Waals surface area (Å²) in [6.45, 7) is 6.94. The van der Waals surface area contributed by atoms with Crippen LogP contribution in [-0.4, -0.2) is 55.7 Å². The number of nitrogens with one attached hydrogen (secondary N) is 3. The lowest BCUT2D eigenvalue weighted by atomic mass is 10.0. The lowest BCUT2D eigenvalue weighted by Crippen LogP contribution is -2.42. The topological polar surface area (TPSA) is 82.7 Å². The second-order valence-electron chi connectivity index (χ2n) is 9.61. The highest BCUT2D eigenvalue weighted by Gasteiger charge is 2.22. The minimum absolute atomic E-state index is 0.0371. The lowest BCUT2D eigenvalue weighted by Gasteiger charge is -2.31. The quantitative estimate of drug-likeness (QED) is 0.341. The van der Waals surface area contributed by atoms with Gasteiger partial charge in [0.2, 0.25) is 5.91 Å². The average molecular weight is 515 g/mol. The van der Waals surface area contributed by atoms with Crippen LogP contribution in [0.15, 0.2) is 78.9 Å². The Hall–Kier alpha value is -3.68. The van der Waals surface area contributed by atoms with Gasteiger partial charge in [0.05, 0.1) is 12.1 Å². The van der Waals surface area contributed by atoms with Crippen molar-refractivity contribution in [3.05, 3.63) is 90.0 Å². The predicted molar refractivity (Wildman–Crippen MR) is 152 cm³/mol. The van der Waals surface area contributed by atoms with E-state index in [0.717, 1.165) is 67.9 Å². The van der Waals surface area contributed by atoms with Crippen LogP contribution in [0.25, 0.3) is 11.1 Å². The van der Waals surface area contributed by atoms with Gasteiger partial charge in [-0.2, -0.15) is 0 Å². The zero-order valence-electron chi connectivity index (χ0n) is 22.1. The van der Waals surface area contributed by atoms with Gasteiger partial charge in [0.15, 0.2) is 0 Å². The summed E-state index contributed by atoms with van der Waals surface area (Å²) in [6, 6.07) is 25.9. The van der Waals surface area contributed by atoms with Crippen molar-refractivity contribution >= 4 is 17.7 Å². The number of hydrogen-bond donors (Lipinski definition) is 3. The summed E-state index contributed by atoms with van der Waals surface area (Å²) in [7, 11) is 0. The molecule has 0 saturated carbocycles. The third kappa shape index (κ3) is 8.43. The molecule has 1 fully saturated rings. The molecule has 1 saturated heterocycles. The first-order chi connectivity index (χ1) is 18.6. The summed E-state index contributed by atoms with van der Waals surface area (Å²) in [4.78, 5) is 27.3. The molecule has 0 bridgehead atoms. The molecule has 2 amide bonds. The monoisotopic (exact) mass is 514 g/mol. The smallest absolute Gasteiger partial charge is 0.411 e. The second-order valence-corrected chi connectivity index (χ2v) is 9.61. The minimum atomic E-state index is -0.422. The van der Waals surface area contributed by atoms with E-state index in [1.54, 1.807) is 0 Å². The molecule has 7 nitrogen and oxygen atoms in total. The summed E-state index contributed by atoms with van der Waals surface area (Å²) < 4.78 is 5.72. The van der Waals surface area contributed by atoms with Crippen LogP contribution in [0.3, 0.4) is 0 Å². The first-order valence-corrected chi connectivity index (χ1v) is 13.5. The summed E-state index contributed by atoms with van der Waals surface area (Å²) in [5, 5.41) is 9.25. The zero-order valence-corrected chi connectivity index (χ0v) is 22.1. The van der Waals surface area contributed by atoms with Crippen LogP contribution >= 0.6 is 0 Å². The van der Waals surface area contributed by atoms with Crippen molar-refractivity contribution in [2.75, 3.05) is 38.0 Å². The van der Waals surface area contributed by atoms with Gasteiger partial charge in [-0.05, 0) is 42.1 Å². The van der Waals surface area contributed by atoms with E-state index >= 15 is 0 Å². The predicted octanol–water partition coefficient (Wildman–Crippen LogP) is 4.83. The van der Waals surface area contributed by atoms with Crippen molar-refractivity contribution in [3.63, 3.8) is 0 Å². The average Bonchev–Trinajstić information content (AvgIpc) is 2.94. The third-order valence-corrected chi connectivity index (χ3v) is 6.77. The maximum atomic E-state index is 12.6. The van der Waals surface area contributed by atoms with Crippen molar-refractivity contribution < 1.29 is 14.3 Å². The number of carbonyl (C=O) groups is 2. The van der Waals surface area contributed by atoms with Crippen molar-refractivity contribution in [2.45, 2.75) is 38.8 Å². The van der Waals surface area contributed by atoms with Crippen LogP contribution in [0.2, 0.25) is 0 Å². The Labute approximate surface area is 225 Å². The second kappa shape index (κ2) is 14.3. The van der Waals surface area contributed by atoms with Crippen molar-refractivity contribution in [1.82, 2.24) is 15.5 Å². The van der Waals surface area contributed by atoms with E-state index in [1.165, 1.54) is 5.56 Å². The van der Waals surface area contributed by atoms with Gasteiger partial charge in [0.25, 0.3) is 0 Å². The Morgan fingerprint density at radius 1 is 0.895 bits per heavy atom. The molecule has 3 N–H and O–H groups in total. The first-order valence-electron chi connectivity index (χ1n) is 13.5. The van der Waals surface area contributed by atoms with Crippen molar-refractivity contribution in [3.8, 4) is 11.1 Å². The van der Waals surface area contributed by atoms with E-state index in [9.17, 15) is 9.59 Å². The molecule has 1 heterocycles. The van der Waals surface area contributed by atoms with Crippen LogP contribution in [0, 0.1) is 0 Å². The van der Waals surface area contributed by atoms with E-state index in [-0.39, 0.29) is 12.0 Å². The Morgan fingerprint density at radius 3 is 2.32 bits per heavy atom. The number of hydrogen-bond acceptors (Lipinski definition) is 5. The number of para-hydroxylation sites is 1. The molecule has 3 aromatic rings. The number of amides is 2. The molecule has 200 valence electrons. The fraction of sp³-hybridized carbons (Fsp3) is 0.355. The van der Waals surface area contributed by atoms with Crippen LogP contribution in [0.4, 0.5) is 10.5 Å². The fourth-order valence-corrected chi connectivity index (χ4v) is 4.65. The largest absolute Gasteiger partial charge is 0.446 e. The summed E-state index contributed by atoms with van der Waals surface area (Å²) >= 11 is 0. The number of carbonyl (C=O) groups excluding carboxylic acids is 2. The molecule has 0 aromatic heterocycles. The normalized spacial score (nSPS) is 14.1. The molecule has 7 heteroatoms. The summed E-state index contributed by atoms with van der Waals surface area (Å²) in [5.41, 5.74) is 4.98. The maximum absolute atomic E-state index is 12.6. The van der Waals surface area contributed by atoms with E-state index in [4.69, 9.17) is 4.74 Å². The standard InChI is InChI=1S/C31H38N4O3/c1-2-32-23-25-14-12-24(13-15-25)22-30(36)33-18-21-35-19-16-27(17-20-35)38-31(37)34-29-11-7-6-10-28(29)26-8-4-3-5-9-26/h3-15,27,32H,2,16-23H2,1H3,(H,33,36)(H,34,37). The zero-order chi connectivity index (χ0) is 26.6. The van der Waals surface area contributed by atoms with E-state index < -0.39 is 6.09 Å². The molecular weight excluding hydrogens is 476 g/mol. The molecule has 38 heavy (non-hydrogen) atoms. The molecule has 0 spiro atoms. The van der Waals surface area contributed by atoms with Crippen LogP contribution in [0.5, 0.6) is 0 Å². The first kappa shape index (κ1) is 27.4. The van der Waals surface area contributed by atoms with Crippen LogP contribution in [0.1, 0.15) is 30.9 Å². The van der Waals surface area contributed by atoms with Gasteiger partial charge in [-0.1, -0.05) is 79.7 Å². The third-order valence-electron chi connectivity index (χ3n) is 6.77. The Bertz CT molecular complexity index is 1160. The van der Waals surface area contributed by atoms with E-state index in [2.05, 4.69) is 39.9 Å². The molecule has 0 aliphatic carbocycles. The van der Waals surface area contributed by atoms with Crippen molar-refractivity contribution in [2.24, 2.45) is 0 Å². The fourth-order valence-electron chi connectivity index (χ4n) is 4.65. The van der Waals surface area contributed by atoms with Gasteiger partial charge in [-0.15, -0.1) is 0 Å². The highest BCUT2D eigenvalue weighted by atomic mass is 16.6. The minimum Gasteiger partial charge on any atom is -0.446 e. The van der Waals surface area contributed by atoms with Crippen molar-refractivity contribution in [1.29, 1.82) is 0 Å². The van der Waals surface area contributed by atoms with Crippen LogP contribution < -0.4 is 16.0 Å². The van der Waals surface area contributed by atoms with Crippen LogP contribution in [-0.2, 0) is 22.5 Å². The molecule has 1 aliphatic rings. The van der Waals surface area contributed by atoms with Gasteiger partial charge in [-0.25, -0.2) is 4.79 Å². The van der Waals surface area contributed by atoms with E-state index in [1.807, 2.05) is 66.7 Å². The van der Waals surface area contributed by atoms with E-state index in [0.29, 0.717) is 13.0 Å². The molecule has 4 rings (SSSR count). The number of anilines is 1. The number of nitrogens with zero attached hydrogens (tertiary/aromatic N) is 1. The van der Waals surface area contributed by atoms with Gasteiger partial charge < -0.3 is 20.3 Å². The van der Waals surface area contributed by atoms with Gasteiger partial charge >= 0.3 is 6.09 Å². The number of piperidine rings is 1. The Morgan fingerprint density at radius 2 is 1.58 bits per heavy atom. The summed E-state index contributed by atoms with van der Waals surface area (Å²) in [6.07, 6.45) is 1.41. The summed E-state index contributed by atoms with van der Waals surface area (Å²) in [5.74, 6) is 0.0371. The number of ether oxygens (including phenoxy) is 1. The van der Waals surface area contributed by atoms with Gasteiger partial charge in [0, 0.05) is 38.3 Å². The highest BCUT2D eigenvalue weighted by molar-refractivity contribution is 5.91. The maximum Gasteiger partial charge on any atom is 0.411 e. The Kier molecular flexibility index (Phi) is 10.3. The molecule has 0 unspecified atom stereocenters. The number of benzene rings is 3. The number of likely N-dealkylation sites (tertiary alicyclic amines) is 1. The molecular formula is C31H38N4O3. The molecule has 1 aliphatic heterocycles. The molecule has 0 atom stereocenters. The van der Waals surface area contributed by atoms with Gasteiger partial charge in [0.1, 0.15) is 6.10 Å². The molecule has 3 aromatic carbocycles. The van der Waals surface area contributed by atoms with Gasteiger partial charge in [-0.3, -0.25) is 10.1 Å². The number of rotatable bonds is 11. The SMILES string of the molecule is CCNCc1ccc(CC(=O)NCCN2CCC(OC(=O)Nc3ccccc3-c3ccccc3)CC2)cc1. The molecule has 0 radical (unpaired) electrons. The lowest BCUT2D eigenvalue weighted by molar-refractivity contribution is -0.120. The Balaban J connectivity index is 1.14. The highest BCUT2D eigenvalue weighted by Crippen LogP contribution is 2.28.